The van der Waals surface area contributed by atoms with Crippen molar-refractivity contribution in [1.82, 2.24) is 4.98 Å². The Bertz CT molecular complexity index is 1310. The Morgan fingerprint density at radius 3 is 1.37 bits per heavy atom. The maximum Gasteiger partial charge on any atom is 0.354 e. The SMILES string of the molecule is O=C(O)c1ccc(C(c2ccccc2)(c2ccccc2)C(c2ccccc2)c2ccccc2)cn1. The summed E-state index contributed by atoms with van der Waals surface area (Å²) >= 11 is 0. The number of nitrogens with zero attached hydrogens (tertiary/aromatic N) is 1. The Morgan fingerprint density at radius 1 is 0.571 bits per heavy atom. The topological polar surface area (TPSA) is 50.2 Å². The van der Waals surface area contributed by atoms with Gasteiger partial charge in [0.25, 0.3) is 0 Å². The molecule has 4 aromatic carbocycles. The molecule has 0 radical (unpaired) electrons. The molecule has 0 atom stereocenters. The van der Waals surface area contributed by atoms with E-state index in [-0.39, 0.29) is 11.6 Å². The van der Waals surface area contributed by atoms with Gasteiger partial charge in [0.05, 0.1) is 5.41 Å². The molecule has 35 heavy (non-hydrogen) atoms. The van der Waals surface area contributed by atoms with Crippen LogP contribution in [0.25, 0.3) is 0 Å². The summed E-state index contributed by atoms with van der Waals surface area (Å²) in [5.41, 5.74) is 4.82. The van der Waals surface area contributed by atoms with E-state index in [0.29, 0.717) is 0 Å². The van der Waals surface area contributed by atoms with E-state index >= 15 is 0 Å². The summed E-state index contributed by atoms with van der Waals surface area (Å²) < 4.78 is 0. The highest BCUT2D eigenvalue weighted by atomic mass is 16.4. The van der Waals surface area contributed by atoms with Crippen LogP contribution in [-0.4, -0.2) is 16.1 Å². The third-order valence-corrected chi connectivity index (χ3v) is 6.60. The van der Waals surface area contributed by atoms with Gasteiger partial charge in [-0.3, -0.25) is 0 Å². The van der Waals surface area contributed by atoms with E-state index in [0.717, 1.165) is 27.8 Å². The van der Waals surface area contributed by atoms with Gasteiger partial charge in [-0.2, -0.15) is 0 Å². The molecular formula is C32H25NO2. The molecule has 0 bridgehead atoms. The van der Waals surface area contributed by atoms with Gasteiger partial charge in [-0.05, 0) is 33.9 Å². The summed E-state index contributed by atoms with van der Waals surface area (Å²) in [5.74, 6) is -1.14. The maximum atomic E-state index is 11.6. The van der Waals surface area contributed by atoms with E-state index in [2.05, 4.69) is 102 Å². The maximum absolute atomic E-state index is 11.6. The average molecular weight is 456 g/mol. The second-order valence-corrected chi connectivity index (χ2v) is 8.53. The van der Waals surface area contributed by atoms with Gasteiger partial charge in [0.2, 0.25) is 0 Å². The third kappa shape index (κ3) is 4.13. The quantitative estimate of drug-likeness (QED) is 0.289. The molecule has 170 valence electrons. The number of benzene rings is 4. The van der Waals surface area contributed by atoms with E-state index in [1.165, 1.54) is 0 Å². The number of carbonyl (C=O) groups is 1. The highest BCUT2D eigenvalue weighted by Crippen LogP contribution is 2.52. The molecule has 0 unspecified atom stereocenters. The number of carboxylic acids is 1. The lowest BCUT2D eigenvalue weighted by Gasteiger charge is -2.43. The first kappa shape index (κ1) is 22.3. The van der Waals surface area contributed by atoms with Crippen molar-refractivity contribution in [3.05, 3.63) is 173 Å². The zero-order valence-corrected chi connectivity index (χ0v) is 19.2. The van der Waals surface area contributed by atoms with E-state index in [4.69, 9.17) is 0 Å². The van der Waals surface area contributed by atoms with Crippen molar-refractivity contribution in [3.8, 4) is 0 Å². The monoisotopic (exact) mass is 455 g/mol. The first-order valence-electron chi connectivity index (χ1n) is 11.6. The van der Waals surface area contributed by atoms with Gasteiger partial charge >= 0.3 is 5.97 Å². The number of rotatable bonds is 7. The summed E-state index contributed by atoms with van der Waals surface area (Å²) in [6.45, 7) is 0. The molecule has 0 aliphatic heterocycles. The average Bonchev–Trinajstić information content (AvgIpc) is 2.94. The zero-order chi connectivity index (χ0) is 24.1. The molecule has 1 N–H and O–H groups in total. The second kappa shape index (κ2) is 9.78. The Hall–Kier alpha value is -4.50. The Balaban J connectivity index is 1.92. The Morgan fingerprint density at radius 2 is 1.00 bits per heavy atom. The normalized spacial score (nSPS) is 11.3. The van der Waals surface area contributed by atoms with Gasteiger partial charge in [-0.1, -0.05) is 127 Å². The summed E-state index contributed by atoms with van der Waals surface area (Å²) in [5, 5.41) is 9.52. The molecule has 0 fully saturated rings. The number of aromatic carboxylic acids is 1. The number of hydrogen-bond donors (Lipinski definition) is 1. The van der Waals surface area contributed by atoms with Crippen molar-refractivity contribution >= 4 is 5.97 Å². The Kier molecular flexibility index (Phi) is 6.23. The standard InChI is InChI=1S/C32H25NO2/c34-31(35)29-22-21-28(23-33-29)32(26-17-9-3-10-18-26,27-19-11-4-12-20-27)30(24-13-5-1-6-14-24)25-15-7-2-8-16-25/h1-23,30H,(H,34,35). The molecule has 0 saturated carbocycles. The molecule has 0 amide bonds. The van der Waals surface area contributed by atoms with E-state index in [1.54, 1.807) is 12.3 Å². The highest BCUT2D eigenvalue weighted by molar-refractivity contribution is 5.85. The predicted molar refractivity (Wildman–Crippen MR) is 139 cm³/mol. The zero-order valence-electron chi connectivity index (χ0n) is 19.2. The van der Waals surface area contributed by atoms with Crippen LogP contribution in [0.5, 0.6) is 0 Å². The Labute approximate surface area is 205 Å². The van der Waals surface area contributed by atoms with E-state index in [9.17, 15) is 9.90 Å². The molecule has 0 aliphatic carbocycles. The molecule has 3 heteroatoms. The summed E-state index contributed by atoms with van der Waals surface area (Å²) in [6, 6.07) is 45.4. The van der Waals surface area contributed by atoms with Crippen LogP contribution >= 0.6 is 0 Å². The van der Waals surface area contributed by atoms with Gasteiger partial charge in [0.15, 0.2) is 0 Å². The van der Waals surface area contributed by atoms with Crippen molar-refractivity contribution in [2.75, 3.05) is 0 Å². The van der Waals surface area contributed by atoms with Crippen molar-refractivity contribution < 1.29 is 9.90 Å². The molecule has 5 aromatic rings. The van der Waals surface area contributed by atoms with Gasteiger partial charge in [-0.25, -0.2) is 9.78 Å². The minimum absolute atomic E-state index is 0.0275. The third-order valence-electron chi connectivity index (χ3n) is 6.60. The van der Waals surface area contributed by atoms with Crippen LogP contribution in [0.1, 0.15) is 44.2 Å². The number of carboxylic acid groups (broad SMARTS) is 1. The molecule has 5 rings (SSSR count). The van der Waals surface area contributed by atoms with E-state index in [1.807, 2.05) is 30.3 Å². The molecule has 0 saturated heterocycles. The lowest BCUT2D eigenvalue weighted by molar-refractivity contribution is 0.0690. The molecule has 0 aliphatic rings. The summed E-state index contributed by atoms with van der Waals surface area (Å²) in [6.07, 6.45) is 1.72. The van der Waals surface area contributed by atoms with Crippen molar-refractivity contribution in [1.29, 1.82) is 0 Å². The van der Waals surface area contributed by atoms with Crippen molar-refractivity contribution in [2.45, 2.75) is 11.3 Å². The summed E-state index contributed by atoms with van der Waals surface area (Å²) in [4.78, 5) is 16.0. The van der Waals surface area contributed by atoms with Gasteiger partial charge < -0.3 is 5.11 Å². The number of pyridine rings is 1. The van der Waals surface area contributed by atoms with Crippen LogP contribution in [-0.2, 0) is 5.41 Å². The van der Waals surface area contributed by atoms with Crippen LogP contribution < -0.4 is 0 Å². The lowest BCUT2D eigenvalue weighted by atomic mass is 9.58. The minimum Gasteiger partial charge on any atom is -0.477 e. The molecule has 0 spiro atoms. The lowest BCUT2D eigenvalue weighted by Crippen LogP contribution is -2.37. The van der Waals surface area contributed by atoms with Crippen LogP contribution in [0.15, 0.2) is 140 Å². The van der Waals surface area contributed by atoms with E-state index < -0.39 is 11.4 Å². The fraction of sp³-hybridized carbons (Fsp3) is 0.0625. The molecule has 1 heterocycles. The minimum atomic E-state index is -1.04. The van der Waals surface area contributed by atoms with Gasteiger partial charge in [0.1, 0.15) is 5.69 Å². The predicted octanol–water partition coefficient (Wildman–Crippen LogP) is 6.95. The molecular weight excluding hydrogens is 430 g/mol. The second-order valence-electron chi connectivity index (χ2n) is 8.53. The smallest absolute Gasteiger partial charge is 0.354 e. The van der Waals surface area contributed by atoms with Crippen LogP contribution in [0.4, 0.5) is 0 Å². The fourth-order valence-corrected chi connectivity index (χ4v) is 5.14. The number of aromatic nitrogens is 1. The summed E-state index contributed by atoms with van der Waals surface area (Å²) in [7, 11) is 0. The largest absolute Gasteiger partial charge is 0.477 e. The number of hydrogen-bond acceptors (Lipinski definition) is 2. The molecule has 1 aromatic heterocycles. The van der Waals surface area contributed by atoms with Crippen molar-refractivity contribution in [2.24, 2.45) is 0 Å². The first-order chi connectivity index (χ1) is 17.2. The fourth-order valence-electron chi connectivity index (χ4n) is 5.14. The van der Waals surface area contributed by atoms with Crippen LogP contribution in [0.3, 0.4) is 0 Å². The van der Waals surface area contributed by atoms with Crippen LogP contribution in [0.2, 0.25) is 0 Å². The molecule has 3 nitrogen and oxygen atoms in total. The van der Waals surface area contributed by atoms with Gasteiger partial charge in [-0.15, -0.1) is 0 Å². The highest BCUT2D eigenvalue weighted by Gasteiger charge is 2.45. The van der Waals surface area contributed by atoms with Crippen molar-refractivity contribution in [3.63, 3.8) is 0 Å². The van der Waals surface area contributed by atoms with Crippen LogP contribution in [0, 0.1) is 0 Å². The van der Waals surface area contributed by atoms with Gasteiger partial charge in [0, 0.05) is 12.1 Å². The first-order valence-corrected chi connectivity index (χ1v) is 11.6.